The van der Waals surface area contributed by atoms with E-state index in [1.165, 1.54) is 0 Å². The normalized spacial score (nSPS) is 27.9. The molecule has 176 valence electrons. The van der Waals surface area contributed by atoms with Crippen LogP contribution in [-0.2, 0) is 35.5 Å². The molecule has 3 aromatic carbocycles. The molecule has 0 radical (unpaired) electrons. The SMILES string of the molecule is O=C(CN1C(=O)[C@@H]2[C@@H](C1=O)C1(Cl)c3ccccc3C2(Cl)c2ccccc21)OCc1ccc(Br)cc1. The highest BCUT2D eigenvalue weighted by Crippen LogP contribution is 2.69. The minimum absolute atomic E-state index is 0.0327. The zero-order chi connectivity index (χ0) is 24.5. The van der Waals surface area contributed by atoms with Gasteiger partial charge in [0.1, 0.15) is 22.9 Å². The van der Waals surface area contributed by atoms with E-state index >= 15 is 0 Å². The van der Waals surface area contributed by atoms with Crippen molar-refractivity contribution in [2.75, 3.05) is 6.54 Å². The van der Waals surface area contributed by atoms with Crippen molar-refractivity contribution in [2.45, 2.75) is 16.4 Å². The summed E-state index contributed by atoms with van der Waals surface area (Å²) >= 11 is 18.1. The first-order valence-electron chi connectivity index (χ1n) is 11.1. The number of benzene rings is 3. The van der Waals surface area contributed by atoms with Crippen LogP contribution in [0, 0.1) is 11.8 Å². The predicted octanol–water partition coefficient (Wildman–Crippen LogP) is 5.09. The monoisotopic (exact) mass is 569 g/mol. The van der Waals surface area contributed by atoms with Crippen molar-refractivity contribution in [3.63, 3.8) is 0 Å². The van der Waals surface area contributed by atoms with Crippen molar-refractivity contribution in [3.8, 4) is 0 Å². The summed E-state index contributed by atoms with van der Waals surface area (Å²) in [5.74, 6) is -3.56. The van der Waals surface area contributed by atoms with Gasteiger partial charge >= 0.3 is 5.97 Å². The number of likely N-dealkylation sites (tertiary alicyclic amines) is 1. The Morgan fingerprint density at radius 1 is 0.800 bits per heavy atom. The highest BCUT2D eigenvalue weighted by molar-refractivity contribution is 9.10. The molecule has 0 saturated carbocycles. The van der Waals surface area contributed by atoms with E-state index in [4.69, 9.17) is 27.9 Å². The summed E-state index contributed by atoms with van der Waals surface area (Å²) in [5.41, 5.74) is 3.67. The molecule has 0 spiro atoms. The van der Waals surface area contributed by atoms with Gasteiger partial charge in [0.2, 0.25) is 11.8 Å². The molecule has 4 aliphatic rings. The van der Waals surface area contributed by atoms with Gasteiger partial charge in [-0.05, 0) is 39.9 Å². The quantitative estimate of drug-likeness (QED) is 0.249. The molecule has 1 fully saturated rings. The maximum absolute atomic E-state index is 13.7. The van der Waals surface area contributed by atoms with Crippen LogP contribution in [0.25, 0.3) is 0 Å². The van der Waals surface area contributed by atoms with E-state index in [-0.39, 0.29) is 6.61 Å². The van der Waals surface area contributed by atoms with Gasteiger partial charge in [-0.3, -0.25) is 19.3 Å². The van der Waals surface area contributed by atoms with E-state index in [2.05, 4.69) is 15.9 Å². The predicted molar refractivity (Wildman–Crippen MR) is 134 cm³/mol. The average molecular weight is 571 g/mol. The number of esters is 1. The molecule has 5 nitrogen and oxygen atoms in total. The van der Waals surface area contributed by atoms with Crippen LogP contribution < -0.4 is 0 Å². The van der Waals surface area contributed by atoms with E-state index in [0.29, 0.717) is 0 Å². The third-order valence-corrected chi connectivity index (χ3v) is 9.09. The van der Waals surface area contributed by atoms with Crippen LogP contribution in [0.1, 0.15) is 27.8 Å². The molecule has 1 heterocycles. The maximum atomic E-state index is 13.7. The van der Waals surface area contributed by atoms with Crippen LogP contribution in [-0.4, -0.2) is 29.2 Å². The van der Waals surface area contributed by atoms with Crippen LogP contribution in [0.2, 0.25) is 0 Å². The largest absolute Gasteiger partial charge is 0.459 e. The summed E-state index contributed by atoms with van der Waals surface area (Å²) in [4.78, 5) is 38.5. The van der Waals surface area contributed by atoms with Gasteiger partial charge in [-0.2, -0.15) is 0 Å². The number of carbonyl (C=O) groups is 3. The number of alkyl halides is 2. The van der Waals surface area contributed by atoms with Gasteiger partial charge < -0.3 is 4.74 Å². The number of hydrogen-bond acceptors (Lipinski definition) is 4. The number of halogens is 3. The lowest BCUT2D eigenvalue weighted by molar-refractivity contribution is -0.153. The van der Waals surface area contributed by atoms with E-state index in [0.717, 1.165) is 37.2 Å². The molecule has 1 saturated heterocycles. The highest BCUT2D eigenvalue weighted by Gasteiger charge is 2.73. The molecule has 0 unspecified atom stereocenters. The number of carbonyl (C=O) groups excluding carboxylic acids is 3. The molecule has 3 aliphatic carbocycles. The third kappa shape index (κ3) is 3.03. The molecule has 3 aromatic rings. The average Bonchev–Trinajstić information content (AvgIpc) is 3.13. The Morgan fingerprint density at radius 3 is 1.66 bits per heavy atom. The minimum atomic E-state index is -1.27. The lowest BCUT2D eigenvalue weighted by Gasteiger charge is -2.54. The second-order valence-electron chi connectivity index (χ2n) is 9.02. The standard InChI is InChI=1S/C27H18BrCl2NO4/c28-16-11-9-15(10-12-16)14-35-21(32)13-31-24(33)22-23(25(31)34)27(30)18-6-2-1-5-17(18)26(22,29)19-7-3-4-8-20(19)27/h1-12,22-23H,13-14H2/t22-,23-,26?,27?/m0/s1. The minimum Gasteiger partial charge on any atom is -0.459 e. The molecule has 0 aromatic heterocycles. The Kier molecular flexibility index (Phi) is 5.15. The van der Waals surface area contributed by atoms with Crippen LogP contribution in [0.5, 0.6) is 0 Å². The Labute approximate surface area is 220 Å². The zero-order valence-electron chi connectivity index (χ0n) is 18.2. The molecule has 8 heteroatoms. The van der Waals surface area contributed by atoms with Gasteiger partial charge in [0, 0.05) is 4.47 Å². The Bertz CT molecular complexity index is 1280. The van der Waals surface area contributed by atoms with Gasteiger partial charge in [-0.1, -0.05) is 76.6 Å². The number of imide groups is 1. The topological polar surface area (TPSA) is 63.7 Å². The van der Waals surface area contributed by atoms with Crippen molar-refractivity contribution in [3.05, 3.63) is 105 Å². The van der Waals surface area contributed by atoms with Gasteiger partial charge in [-0.15, -0.1) is 23.2 Å². The zero-order valence-corrected chi connectivity index (χ0v) is 21.3. The number of hydrogen-bond donors (Lipinski definition) is 0. The van der Waals surface area contributed by atoms with Crippen molar-refractivity contribution in [1.82, 2.24) is 4.90 Å². The fraction of sp³-hybridized carbons (Fsp3) is 0.222. The molecular weight excluding hydrogens is 553 g/mol. The van der Waals surface area contributed by atoms with Crippen molar-refractivity contribution >= 4 is 56.9 Å². The van der Waals surface area contributed by atoms with E-state index in [1.54, 1.807) is 0 Å². The number of amides is 2. The summed E-state index contributed by atoms with van der Waals surface area (Å²) < 4.78 is 6.26. The van der Waals surface area contributed by atoms with E-state index in [9.17, 15) is 14.4 Å². The van der Waals surface area contributed by atoms with E-state index < -0.39 is 45.9 Å². The first-order chi connectivity index (χ1) is 16.8. The molecule has 7 rings (SSSR count). The molecule has 2 atom stereocenters. The maximum Gasteiger partial charge on any atom is 0.326 e. The Balaban J connectivity index is 1.35. The van der Waals surface area contributed by atoms with Gasteiger partial charge in [0.25, 0.3) is 0 Å². The molecular formula is C27H18BrCl2NO4. The highest BCUT2D eigenvalue weighted by atomic mass is 79.9. The number of nitrogens with zero attached hydrogens (tertiary/aromatic N) is 1. The smallest absolute Gasteiger partial charge is 0.326 e. The fourth-order valence-corrected chi connectivity index (χ4v) is 7.16. The number of rotatable bonds is 4. The van der Waals surface area contributed by atoms with Gasteiger partial charge in [-0.25, -0.2) is 0 Å². The van der Waals surface area contributed by atoms with Crippen molar-refractivity contribution in [1.29, 1.82) is 0 Å². The molecule has 2 bridgehead atoms. The fourth-order valence-electron chi connectivity index (χ4n) is 5.80. The molecule has 2 amide bonds. The van der Waals surface area contributed by atoms with Crippen LogP contribution in [0.3, 0.4) is 0 Å². The Hall–Kier alpha value is -2.67. The summed E-state index contributed by atoms with van der Waals surface area (Å²) in [6, 6.07) is 22.1. The summed E-state index contributed by atoms with van der Waals surface area (Å²) in [7, 11) is 0. The summed E-state index contributed by atoms with van der Waals surface area (Å²) in [6.45, 7) is -0.460. The lowest BCUT2D eigenvalue weighted by atomic mass is 9.54. The molecule has 1 aliphatic heterocycles. The Morgan fingerprint density at radius 2 is 1.23 bits per heavy atom. The van der Waals surface area contributed by atoms with Crippen LogP contribution >= 0.6 is 39.1 Å². The van der Waals surface area contributed by atoms with Crippen molar-refractivity contribution in [2.24, 2.45) is 11.8 Å². The third-order valence-electron chi connectivity index (χ3n) is 7.28. The molecule has 0 N–H and O–H groups in total. The van der Waals surface area contributed by atoms with E-state index in [1.807, 2.05) is 72.8 Å². The van der Waals surface area contributed by atoms with Gasteiger partial charge in [0.15, 0.2) is 0 Å². The van der Waals surface area contributed by atoms with Crippen LogP contribution in [0.15, 0.2) is 77.3 Å². The first kappa shape index (κ1) is 22.8. The second-order valence-corrected chi connectivity index (χ2v) is 11.1. The van der Waals surface area contributed by atoms with Crippen LogP contribution in [0.4, 0.5) is 0 Å². The summed E-state index contributed by atoms with van der Waals surface area (Å²) in [6.07, 6.45) is 0. The summed E-state index contributed by atoms with van der Waals surface area (Å²) in [5, 5.41) is 0. The molecule has 35 heavy (non-hydrogen) atoms. The number of ether oxygens (including phenoxy) is 1. The van der Waals surface area contributed by atoms with Gasteiger partial charge in [0.05, 0.1) is 11.8 Å². The van der Waals surface area contributed by atoms with Crippen molar-refractivity contribution < 1.29 is 19.1 Å². The first-order valence-corrected chi connectivity index (χ1v) is 12.7. The lowest BCUT2D eigenvalue weighted by Crippen LogP contribution is -2.57. The second kappa shape index (κ2) is 7.92.